The fraction of sp³-hybridized carbons (Fsp3) is 0.0556. The molecule has 0 radical (unpaired) electrons. The monoisotopic (exact) mass is 244 g/mol. The molecule has 0 amide bonds. The summed E-state index contributed by atoms with van der Waals surface area (Å²) in [6.45, 7) is 0. The first kappa shape index (κ1) is 10.5. The molecule has 19 heavy (non-hydrogen) atoms. The lowest BCUT2D eigenvalue weighted by atomic mass is 9.96. The van der Waals surface area contributed by atoms with Gasteiger partial charge in [-0.1, -0.05) is 48.5 Å². The van der Waals surface area contributed by atoms with E-state index < -0.39 is 0 Å². The van der Waals surface area contributed by atoms with Crippen LogP contribution in [0.2, 0.25) is 0 Å². The third kappa shape index (κ3) is 1.39. The molecule has 0 fully saturated rings. The molecule has 0 spiro atoms. The molecular formula is C18H12O. The number of carbonyl (C=O) groups is 1. The molecule has 1 aliphatic carbocycles. The standard InChI is InChI=1S/C18H12O/c19-11-18-15-8-4-3-7-14(15)16-9-12-5-1-2-6-13(12)10-17(16)18/h1-11,18H. The lowest BCUT2D eigenvalue weighted by molar-refractivity contribution is -0.108. The highest BCUT2D eigenvalue weighted by Crippen LogP contribution is 2.45. The zero-order valence-corrected chi connectivity index (χ0v) is 10.3. The third-order valence-corrected chi connectivity index (χ3v) is 3.98. The van der Waals surface area contributed by atoms with E-state index in [0.29, 0.717) is 0 Å². The highest BCUT2D eigenvalue weighted by atomic mass is 16.1. The van der Waals surface area contributed by atoms with E-state index in [1.54, 1.807) is 0 Å². The number of fused-ring (bicyclic) bond motifs is 4. The van der Waals surface area contributed by atoms with E-state index in [1.807, 2.05) is 24.3 Å². The summed E-state index contributed by atoms with van der Waals surface area (Å²) in [5.41, 5.74) is 4.66. The van der Waals surface area contributed by atoms with Crippen molar-refractivity contribution in [3.8, 4) is 11.1 Å². The molecule has 0 saturated heterocycles. The van der Waals surface area contributed by atoms with Crippen molar-refractivity contribution in [1.82, 2.24) is 0 Å². The molecule has 1 nitrogen and oxygen atoms in total. The molecule has 0 heterocycles. The number of hydrogen-bond donors (Lipinski definition) is 0. The second-order valence-corrected chi connectivity index (χ2v) is 4.99. The van der Waals surface area contributed by atoms with Crippen molar-refractivity contribution in [3.05, 3.63) is 71.8 Å². The second kappa shape index (κ2) is 3.79. The summed E-state index contributed by atoms with van der Waals surface area (Å²) in [5, 5.41) is 2.42. The summed E-state index contributed by atoms with van der Waals surface area (Å²) in [7, 11) is 0. The van der Waals surface area contributed by atoms with Crippen molar-refractivity contribution in [2.75, 3.05) is 0 Å². The Kier molecular flexibility index (Phi) is 2.10. The van der Waals surface area contributed by atoms with Crippen LogP contribution in [0.4, 0.5) is 0 Å². The Balaban J connectivity index is 2.11. The second-order valence-electron chi connectivity index (χ2n) is 4.99. The molecule has 1 heteroatoms. The van der Waals surface area contributed by atoms with Crippen LogP contribution < -0.4 is 0 Å². The van der Waals surface area contributed by atoms with Gasteiger partial charge in [-0.15, -0.1) is 0 Å². The van der Waals surface area contributed by atoms with Crippen molar-refractivity contribution in [2.24, 2.45) is 0 Å². The molecule has 4 rings (SSSR count). The van der Waals surface area contributed by atoms with Crippen LogP contribution in [0.15, 0.2) is 60.7 Å². The SMILES string of the molecule is O=CC1c2ccccc2-c2cc3ccccc3cc21. The van der Waals surface area contributed by atoms with Gasteiger partial charge in [0.1, 0.15) is 6.29 Å². The highest BCUT2D eigenvalue weighted by molar-refractivity contribution is 5.96. The van der Waals surface area contributed by atoms with Crippen LogP contribution in [0, 0.1) is 0 Å². The van der Waals surface area contributed by atoms with E-state index in [2.05, 4.69) is 36.4 Å². The van der Waals surface area contributed by atoms with Crippen LogP contribution in [0.5, 0.6) is 0 Å². The number of aldehydes is 1. The molecule has 0 saturated carbocycles. The maximum absolute atomic E-state index is 11.5. The normalized spacial score (nSPS) is 16.1. The van der Waals surface area contributed by atoms with Crippen LogP contribution >= 0.6 is 0 Å². The van der Waals surface area contributed by atoms with Gasteiger partial charge in [0.05, 0.1) is 5.92 Å². The summed E-state index contributed by atoms with van der Waals surface area (Å²) in [5.74, 6) is -0.115. The maximum Gasteiger partial charge on any atom is 0.131 e. The van der Waals surface area contributed by atoms with Crippen LogP contribution in [0.25, 0.3) is 21.9 Å². The predicted molar refractivity (Wildman–Crippen MR) is 77.3 cm³/mol. The van der Waals surface area contributed by atoms with E-state index in [1.165, 1.54) is 21.9 Å². The van der Waals surface area contributed by atoms with Gasteiger partial charge in [0, 0.05) is 0 Å². The topological polar surface area (TPSA) is 17.1 Å². The average molecular weight is 244 g/mol. The number of carbonyl (C=O) groups excluding carboxylic acids is 1. The quantitative estimate of drug-likeness (QED) is 0.588. The fourth-order valence-electron chi connectivity index (χ4n) is 3.08. The van der Waals surface area contributed by atoms with Crippen molar-refractivity contribution in [2.45, 2.75) is 5.92 Å². The highest BCUT2D eigenvalue weighted by Gasteiger charge is 2.28. The summed E-state index contributed by atoms with van der Waals surface area (Å²) >= 11 is 0. The molecule has 0 N–H and O–H groups in total. The average Bonchev–Trinajstić information content (AvgIpc) is 2.78. The van der Waals surface area contributed by atoms with Crippen LogP contribution in [0.3, 0.4) is 0 Å². The molecule has 90 valence electrons. The van der Waals surface area contributed by atoms with Crippen LogP contribution in [0.1, 0.15) is 17.0 Å². The molecule has 0 aliphatic heterocycles. The van der Waals surface area contributed by atoms with Gasteiger partial charge in [0.2, 0.25) is 0 Å². The molecule has 3 aromatic carbocycles. The zero-order valence-electron chi connectivity index (χ0n) is 10.3. The molecule has 1 unspecified atom stereocenters. The van der Waals surface area contributed by atoms with Gasteiger partial charge in [-0.05, 0) is 45.2 Å². The largest absolute Gasteiger partial charge is 0.302 e. The number of benzene rings is 3. The molecule has 1 atom stereocenters. The lowest BCUT2D eigenvalue weighted by Gasteiger charge is -2.06. The predicted octanol–water partition coefficient (Wildman–Crippen LogP) is 4.15. The first-order valence-electron chi connectivity index (χ1n) is 6.46. The summed E-state index contributed by atoms with van der Waals surface area (Å²) in [4.78, 5) is 11.5. The van der Waals surface area contributed by atoms with Gasteiger partial charge < -0.3 is 4.79 Å². The number of rotatable bonds is 1. The Labute approximate surface area is 111 Å². The Morgan fingerprint density at radius 1 is 0.737 bits per heavy atom. The Hall–Kier alpha value is -2.41. The third-order valence-electron chi connectivity index (χ3n) is 3.98. The van der Waals surface area contributed by atoms with Gasteiger partial charge in [-0.25, -0.2) is 0 Å². The van der Waals surface area contributed by atoms with E-state index >= 15 is 0 Å². The molecular weight excluding hydrogens is 232 g/mol. The minimum atomic E-state index is -0.115. The smallest absolute Gasteiger partial charge is 0.131 e. The summed E-state index contributed by atoms with van der Waals surface area (Å²) in [6.07, 6.45) is 1.05. The van der Waals surface area contributed by atoms with Gasteiger partial charge in [-0.2, -0.15) is 0 Å². The molecule has 0 aromatic heterocycles. The first-order valence-corrected chi connectivity index (χ1v) is 6.46. The molecule has 3 aromatic rings. The van der Waals surface area contributed by atoms with E-state index in [4.69, 9.17) is 0 Å². The summed E-state index contributed by atoms with van der Waals surface area (Å²) < 4.78 is 0. The van der Waals surface area contributed by atoms with E-state index in [0.717, 1.165) is 17.4 Å². The van der Waals surface area contributed by atoms with Gasteiger partial charge >= 0.3 is 0 Å². The van der Waals surface area contributed by atoms with Crippen molar-refractivity contribution < 1.29 is 4.79 Å². The molecule has 1 aliphatic rings. The van der Waals surface area contributed by atoms with E-state index in [9.17, 15) is 4.79 Å². The Morgan fingerprint density at radius 3 is 2.21 bits per heavy atom. The maximum atomic E-state index is 11.5. The number of hydrogen-bond acceptors (Lipinski definition) is 1. The Bertz CT molecular complexity index is 802. The minimum Gasteiger partial charge on any atom is -0.302 e. The molecule has 0 bridgehead atoms. The first-order chi connectivity index (χ1) is 9.38. The zero-order chi connectivity index (χ0) is 12.8. The van der Waals surface area contributed by atoms with Gasteiger partial charge in [0.15, 0.2) is 0 Å². The van der Waals surface area contributed by atoms with Crippen LogP contribution in [-0.4, -0.2) is 6.29 Å². The Morgan fingerprint density at radius 2 is 1.42 bits per heavy atom. The van der Waals surface area contributed by atoms with Crippen molar-refractivity contribution in [1.29, 1.82) is 0 Å². The van der Waals surface area contributed by atoms with Crippen LogP contribution in [-0.2, 0) is 4.79 Å². The summed E-state index contributed by atoms with van der Waals surface area (Å²) in [6, 6.07) is 20.8. The van der Waals surface area contributed by atoms with Gasteiger partial charge in [-0.3, -0.25) is 0 Å². The van der Waals surface area contributed by atoms with E-state index in [-0.39, 0.29) is 5.92 Å². The lowest BCUT2D eigenvalue weighted by Crippen LogP contribution is -1.97. The fourth-order valence-corrected chi connectivity index (χ4v) is 3.08. The van der Waals surface area contributed by atoms with Crippen molar-refractivity contribution >= 4 is 17.1 Å². The minimum absolute atomic E-state index is 0.115. The van der Waals surface area contributed by atoms with Gasteiger partial charge in [0.25, 0.3) is 0 Å². The van der Waals surface area contributed by atoms with Crippen molar-refractivity contribution in [3.63, 3.8) is 0 Å².